The Morgan fingerprint density at radius 1 is 1.25 bits per heavy atom. The Hall–Kier alpha value is -0.310. The van der Waals surface area contributed by atoms with Crippen LogP contribution in [0.4, 0.5) is 0 Å². The molecule has 0 aromatic carbocycles. The summed E-state index contributed by atoms with van der Waals surface area (Å²) < 4.78 is 3.61. The lowest BCUT2D eigenvalue weighted by molar-refractivity contribution is 0.401. The molecule has 0 N–H and O–H groups in total. The van der Waals surface area contributed by atoms with Crippen molar-refractivity contribution in [2.24, 2.45) is 5.92 Å². The Morgan fingerprint density at radius 3 is 2.75 bits per heavy atom. The van der Waals surface area contributed by atoms with Gasteiger partial charge in [-0.15, -0.1) is 0 Å². The third-order valence-corrected chi connectivity index (χ3v) is 4.80. The van der Waals surface area contributed by atoms with Crippen molar-refractivity contribution in [3.05, 3.63) is 16.1 Å². The van der Waals surface area contributed by atoms with Gasteiger partial charge in [-0.1, -0.05) is 19.8 Å². The first-order chi connectivity index (χ1) is 7.75. The van der Waals surface area contributed by atoms with E-state index < -0.39 is 0 Å². The minimum atomic E-state index is 0.735. The van der Waals surface area contributed by atoms with Gasteiger partial charge in [0.1, 0.15) is 10.4 Å². The van der Waals surface area contributed by atoms with Gasteiger partial charge in [0.05, 0.1) is 5.69 Å². The summed E-state index contributed by atoms with van der Waals surface area (Å²) in [5.41, 5.74) is 1.45. The van der Waals surface area contributed by atoms with Crippen molar-refractivity contribution in [1.82, 2.24) is 9.55 Å². The van der Waals surface area contributed by atoms with Crippen LogP contribution in [0, 0.1) is 5.92 Å². The summed E-state index contributed by atoms with van der Waals surface area (Å²) in [6.45, 7) is 3.53. The van der Waals surface area contributed by atoms with Gasteiger partial charge in [-0.3, -0.25) is 0 Å². The molecule has 0 amide bonds. The molecule has 16 heavy (non-hydrogen) atoms. The molecule has 1 fully saturated rings. The van der Waals surface area contributed by atoms with Crippen molar-refractivity contribution in [3.63, 3.8) is 0 Å². The molecule has 2 nitrogen and oxygen atoms in total. The summed E-state index contributed by atoms with van der Waals surface area (Å²) in [5, 5.41) is 0. The van der Waals surface area contributed by atoms with Crippen LogP contribution in [0.25, 0.3) is 0 Å². The van der Waals surface area contributed by atoms with Gasteiger partial charge >= 0.3 is 0 Å². The molecule has 1 aliphatic carbocycles. The molecule has 1 saturated carbocycles. The van der Waals surface area contributed by atoms with Gasteiger partial charge in [-0.05, 0) is 47.5 Å². The maximum absolute atomic E-state index is 4.79. The second-order valence-electron chi connectivity index (χ2n) is 5.44. The first-order valence-electron chi connectivity index (χ1n) is 6.50. The number of nitrogens with zero attached hydrogens (tertiary/aromatic N) is 2. The first kappa shape index (κ1) is 10.8. The topological polar surface area (TPSA) is 17.8 Å². The molecule has 0 bridgehead atoms. The predicted molar refractivity (Wildman–Crippen MR) is 68.6 cm³/mol. The zero-order chi connectivity index (χ0) is 11.1. The van der Waals surface area contributed by atoms with Crippen LogP contribution < -0.4 is 0 Å². The number of imidazole rings is 1. The fourth-order valence-corrected chi connectivity index (χ4v) is 3.75. The van der Waals surface area contributed by atoms with Crippen molar-refractivity contribution in [3.8, 4) is 0 Å². The molecule has 0 spiro atoms. The third kappa shape index (κ3) is 1.73. The molecule has 2 aliphatic rings. The van der Waals surface area contributed by atoms with E-state index in [4.69, 9.17) is 4.98 Å². The van der Waals surface area contributed by atoms with Crippen LogP contribution in [-0.2, 0) is 13.0 Å². The molecule has 0 radical (unpaired) electrons. The Balaban J connectivity index is 1.97. The van der Waals surface area contributed by atoms with Gasteiger partial charge < -0.3 is 4.57 Å². The van der Waals surface area contributed by atoms with E-state index in [-0.39, 0.29) is 0 Å². The van der Waals surface area contributed by atoms with Gasteiger partial charge in [-0.2, -0.15) is 0 Å². The van der Waals surface area contributed by atoms with Crippen LogP contribution in [0.15, 0.2) is 4.60 Å². The minimum Gasteiger partial charge on any atom is -0.331 e. The quantitative estimate of drug-likeness (QED) is 0.764. The van der Waals surface area contributed by atoms with E-state index >= 15 is 0 Å². The zero-order valence-corrected chi connectivity index (χ0v) is 11.5. The number of rotatable bonds is 1. The van der Waals surface area contributed by atoms with E-state index in [0.29, 0.717) is 0 Å². The van der Waals surface area contributed by atoms with Crippen molar-refractivity contribution in [2.75, 3.05) is 0 Å². The summed E-state index contributed by atoms with van der Waals surface area (Å²) in [6, 6.07) is 0. The van der Waals surface area contributed by atoms with Crippen LogP contribution in [0.2, 0.25) is 0 Å². The van der Waals surface area contributed by atoms with Crippen molar-refractivity contribution >= 4 is 15.9 Å². The fraction of sp³-hybridized carbons (Fsp3) is 0.769. The fourth-order valence-electron chi connectivity index (χ4n) is 3.20. The third-order valence-electron chi connectivity index (χ3n) is 4.16. The van der Waals surface area contributed by atoms with Crippen LogP contribution in [0.5, 0.6) is 0 Å². The summed E-state index contributed by atoms with van der Waals surface area (Å²) in [5.74, 6) is 2.92. The van der Waals surface area contributed by atoms with Crippen LogP contribution >= 0.6 is 15.9 Å². The van der Waals surface area contributed by atoms with E-state index in [1.165, 1.54) is 56.6 Å². The monoisotopic (exact) mass is 282 g/mol. The minimum absolute atomic E-state index is 0.735. The molecular weight excluding hydrogens is 264 g/mol. The highest BCUT2D eigenvalue weighted by Gasteiger charge is 2.28. The second kappa shape index (κ2) is 4.17. The van der Waals surface area contributed by atoms with E-state index in [1.54, 1.807) is 0 Å². The van der Waals surface area contributed by atoms with Gasteiger partial charge in [0, 0.05) is 12.5 Å². The van der Waals surface area contributed by atoms with E-state index in [0.717, 1.165) is 16.4 Å². The molecule has 3 rings (SSSR count). The largest absolute Gasteiger partial charge is 0.331 e. The Kier molecular flexibility index (Phi) is 2.82. The second-order valence-corrected chi connectivity index (χ2v) is 6.19. The number of hydrogen-bond acceptors (Lipinski definition) is 1. The highest BCUT2D eigenvalue weighted by molar-refractivity contribution is 9.10. The average molecular weight is 283 g/mol. The summed E-state index contributed by atoms with van der Waals surface area (Å²) >= 11 is 3.65. The van der Waals surface area contributed by atoms with Gasteiger partial charge in [-0.25, -0.2) is 4.98 Å². The molecule has 1 aromatic heterocycles. The first-order valence-corrected chi connectivity index (χ1v) is 7.30. The van der Waals surface area contributed by atoms with Gasteiger partial charge in [0.2, 0.25) is 0 Å². The number of aromatic nitrogens is 2. The van der Waals surface area contributed by atoms with Crippen LogP contribution in [0.1, 0.15) is 56.5 Å². The standard InChI is InChI=1S/C13H19BrN2/c1-9-6-7-16-11(8-9)12(14)15-13(16)10-4-2-3-5-10/h9-10H,2-8H2,1H3. The molecule has 1 aromatic rings. The zero-order valence-electron chi connectivity index (χ0n) is 9.88. The van der Waals surface area contributed by atoms with E-state index in [1.807, 2.05) is 0 Å². The smallest absolute Gasteiger partial charge is 0.127 e. The highest BCUT2D eigenvalue weighted by atomic mass is 79.9. The Morgan fingerprint density at radius 2 is 2.00 bits per heavy atom. The summed E-state index contributed by atoms with van der Waals surface area (Å²) in [4.78, 5) is 4.79. The molecule has 2 heterocycles. The Labute approximate surface area is 106 Å². The van der Waals surface area contributed by atoms with Crippen molar-refractivity contribution in [1.29, 1.82) is 0 Å². The number of halogens is 1. The number of fused-ring (bicyclic) bond motifs is 1. The maximum atomic E-state index is 4.79. The lowest BCUT2D eigenvalue weighted by Crippen LogP contribution is -2.19. The van der Waals surface area contributed by atoms with Crippen molar-refractivity contribution < 1.29 is 0 Å². The molecule has 0 saturated heterocycles. The summed E-state index contributed by atoms with van der Waals surface area (Å²) in [7, 11) is 0. The van der Waals surface area contributed by atoms with Crippen LogP contribution in [-0.4, -0.2) is 9.55 Å². The summed E-state index contributed by atoms with van der Waals surface area (Å²) in [6.07, 6.45) is 7.98. The van der Waals surface area contributed by atoms with Crippen molar-refractivity contribution in [2.45, 2.75) is 57.9 Å². The Bertz CT molecular complexity index is 391. The molecular formula is C13H19BrN2. The molecule has 1 aliphatic heterocycles. The molecule has 3 heteroatoms. The molecule has 1 unspecified atom stereocenters. The van der Waals surface area contributed by atoms with Gasteiger partial charge in [0.15, 0.2) is 0 Å². The van der Waals surface area contributed by atoms with Crippen LogP contribution in [0.3, 0.4) is 0 Å². The normalized spacial score (nSPS) is 26.0. The lowest BCUT2D eigenvalue weighted by Gasteiger charge is -2.23. The van der Waals surface area contributed by atoms with E-state index in [2.05, 4.69) is 27.4 Å². The maximum Gasteiger partial charge on any atom is 0.127 e. The predicted octanol–water partition coefficient (Wildman–Crippen LogP) is 3.89. The van der Waals surface area contributed by atoms with Gasteiger partial charge in [0.25, 0.3) is 0 Å². The molecule has 1 atom stereocenters. The SMILES string of the molecule is CC1CCn2c(C3CCCC3)nc(Br)c2C1. The lowest BCUT2D eigenvalue weighted by atomic mass is 9.98. The van der Waals surface area contributed by atoms with E-state index in [9.17, 15) is 0 Å². The highest BCUT2D eigenvalue weighted by Crippen LogP contribution is 2.37. The average Bonchev–Trinajstić information content (AvgIpc) is 2.87. The number of hydrogen-bond donors (Lipinski definition) is 0. The molecule has 88 valence electrons.